The van der Waals surface area contributed by atoms with Crippen molar-refractivity contribution in [2.75, 3.05) is 11.5 Å². The van der Waals surface area contributed by atoms with Crippen molar-refractivity contribution >= 4 is 27.9 Å². The summed E-state index contributed by atoms with van der Waals surface area (Å²) < 4.78 is 0. The van der Waals surface area contributed by atoms with Gasteiger partial charge in [0.2, 0.25) is 0 Å². The first-order chi connectivity index (χ1) is 4.81. The molecule has 60 valence electrons. The fourth-order valence-corrected chi connectivity index (χ4v) is 2.54. The molecule has 0 aliphatic rings. The summed E-state index contributed by atoms with van der Waals surface area (Å²) in [5.41, 5.74) is 5.35. The van der Waals surface area contributed by atoms with Gasteiger partial charge < -0.3 is 10.5 Å². The Bertz CT molecular complexity index is 89.8. The lowest BCUT2D eigenvalue weighted by atomic mass is 10.4. The third-order valence-corrected chi connectivity index (χ3v) is 3.48. The highest BCUT2D eigenvalue weighted by Crippen LogP contribution is 2.21. The van der Waals surface area contributed by atoms with Gasteiger partial charge in [0.15, 0.2) is 0 Å². The molecule has 0 rings (SSSR count). The van der Waals surface area contributed by atoms with E-state index in [0.29, 0.717) is 0 Å². The van der Waals surface area contributed by atoms with Crippen LogP contribution in [0.25, 0.3) is 0 Å². The van der Waals surface area contributed by atoms with Gasteiger partial charge in [-0.1, -0.05) is 28.5 Å². The molecule has 1 atom stereocenters. The maximum absolute atomic E-state index is 10.0. The Morgan fingerprint density at radius 3 is 2.80 bits per heavy atom. The highest BCUT2D eigenvalue weighted by atomic mass is 33.1. The first-order valence-electron chi connectivity index (χ1n) is 3.26. The van der Waals surface area contributed by atoms with E-state index in [2.05, 4.69) is 6.92 Å². The van der Waals surface area contributed by atoms with E-state index in [1.807, 2.05) is 0 Å². The highest BCUT2D eigenvalue weighted by Gasteiger charge is 1.98. The molecule has 1 unspecified atom stereocenters. The van der Waals surface area contributed by atoms with E-state index in [1.165, 1.54) is 6.42 Å². The van der Waals surface area contributed by atoms with Crippen LogP contribution in [0.15, 0.2) is 0 Å². The van der Waals surface area contributed by atoms with Crippen LogP contribution in [0.5, 0.6) is 0 Å². The van der Waals surface area contributed by atoms with Gasteiger partial charge in [0.05, 0.1) is 6.04 Å². The largest absolute Gasteiger partial charge is 0.321 e. The molecule has 4 heteroatoms. The minimum absolute atomic E-state index is 0.283. The van der Waals surface area contributed by atoms with Gasteiger partial charge in [0, 0.05) is 11.5 Å². The van der Waals surface area contributed by atoms with Crippen LogP contribution in [-0.2, 0) is 4.79 Å². The molecule has 0 saturated heterocycles. The van der Waals surface area contributed by atoms with Crippen LogP contribution >= 0.6 is 21.6 Å². The second-order valence-electron chi connectivity index (χ2n) is 1.91. The third-order valence-electron chi connectivity index (χ3n) is 0.806. The summed E-state index contributed by atoms with van der Waals surface area (Å²) in [5.74, 6) is 1.87. The van der Waals surface area contributed by atoms with Crippen molar-refractivity contribution < 1.29 is 4.79 Å². The molecule has 2 N–H and O–H groups in total. The first kappa shape index (κ1) is 10.3. The average molecular weight is 179 g/mol. The lowest BCUT2D eigenvalue weighted by Gasteiger charge is -2.00. The van der Waals surface area contributed by atoms with Gasteiger partial charge in [-0.15, -0.1) is 0 Å². The Hall–Kier alpha value is 0.330. The molecule has 0 spiro atoms. The van der Waals surface area contributed by atoms with Crippen LogP contribution in [0, 0.1) is 0 Å². The molecule has 0 heterocycles. The summed E-state index contributed by atoms with van der Waals surface area (Å²) in [6.07, 6.45) is 1.97. The van der Waals surface area contributed by atoms with Crippen molar-refractivity contribution in [2.45, 2.75) is 19.4 Å². The molecule has 0 aromatic heterocycles. The van der Waals surface area contributed by atoms with Crippen molar-refractivity contribution in [3.8, 4) is 0 Å². The number of rotatable bonds is 6. The summed E-state index contributed by atoms with van der Waals surface area (Å²) in [4.78, 5) is 10.0. The first-order valence-corrected chi connectivity index (χ1v) is 5.75. The van der Waals surface area contributed by atoms with E-state index >= 15 is 0 Å². The van der Waals surface area contributed by atoms with Crippen LogP contribution in [0.3, 0.4) is 0 Å². The molecule has 0 radical (unpaired) electrons. The molecule has 0 aliphatic carbocycles. The lowest BCUT2D eigenvalue weighted by Crippen LogP contribution is -2.23. The number of carbonyl (C=O) groups is 1. The minimum Gasteiger partial charge on any atom is -0.321 e. The molecule has 10 heavy (non-hydrogen) atoms. The normalized spacial score (nSPS) is 13.0. The van der Waals surface area contributed by atoms with Crippen molar-refractivity contribution in [3.05, 3.63) is 0 Å². The molecule has 0 aromatic carbocycles. The van der Waals surface area contributed by atoms with Gasteiger partial charge in [0.25, 0.3) is 0 Å². The zero-order valence-electron chi connectivity index (χ0n) is 6.08. The standard InChI is InChI=1S/C6H13NOS2/c1-2-3-9-10-5-6(7)4-8/h4,6H,2-3,5,7H2,1H3. The number of carbonyl (C=O) groups excluding carboxylic acids is 1. The molecular weight excluding hydrogens is 166 g/mol. The Labute approximate surface area is 69.7 Å². The van der Waals surface area contributed by atoms with Crippen LogP contribution in [0.2, 0.25) is 0 Å². The van der Waals surface area contributed by atoms with Gasteiger partial charge in [-0.3, -0.25) is 0 Å². The third kappa shape index (κ3) is 6.45. The van der Waals surface area contributed by atoms with E-state index in [9.17, 15) is 4.79 Å². The summed E-state index contributed by atoms with van der Waals surface area (Å²) in [6.45, 7) is 2.13. The Morgan fingerprint density at radius 1 is 1.60 bits per heavy atom. The number of hydrogen-bond donors (Lipinski definition) is 1. The fourth-order valence-electron chi connectivity index (χ4n) is 0.308. The molecule has 0 aromatic rings. The Morgan fingerprint density at radius 2 is 2.30 bits per heavy atom. The molecule has 0 aliphatic heterocycles. The van der Waals surface area contributed by atoms with Gasteiger partial charge in [-0.2, -0.15) is 0 Å². The molecule has 0 amide bonds. The Balaban J connectivity index is 2.95. The van der Waals surface area contributed by atoms with Gasteiger partial charge >= 0.3 is 0 Å². The minimum atomic E-state index is -0.283. The molecule has 2 nitrogen and oxygen atoms in total. The zero-order chi connectivity index (χ0) is 7.82. The maximum Gasteiger partial charge on any atom is 0.137 e. The second kappa shape index (κ2) is 7.44. The SMILES string of the molecule is CCCSSCC(N)C=O. The highest BCUT2D eigenvalue weighted by molar-refractivity contribution is 8.76. The number of hydrogen-bond acceptors (Lipinski definition) is 4. The van der Waals surface area contributed by atoms with E-state index in [0.717, 1.165) is 17.8 Å². The summed E-state index contributed by atoms with van der Waals surface area (Å²) >= 11 is 0. The predicted molar refractivity (Wildman–Crippen MR) is 49.2 cm³/mol. The van der Waals surface area contributed by atoms with Gasteiger partial charge in [0.1, 0.15) is 6.29 Å². The summed E-state index contributed by atoms with van der Waals surface area (Å²) in [5, 5.41) is 0. The lowest BCUT2D eigenvalue weighted by molar-refractivity contribution is -0.108. The summed E-state index contributed by atoms with van der Waals surface area (Å²) in [6, 6.07) is -0.283. The molecule has 0 fully saturated rings. The van der Waals surface area contributed by atoms with Gasteiger partial charge in [-0.25, -0.2) is 0 Å². The predicted octanol–water partition coefficient (Wildman–Crippen LogP) is 1.30. The van der Waals surface area contributed by atoms with E-state index < -0.39 is 0 Å². The average Bonchev–Trinajstić information content (AvgIpc) is 1.98. The number of nitrogens with two attached hydrogens (primary N) is 1. The quantitative estimate of drug-likeness (QED) is 0.379. The molecule has 0 bridgehead atoms. The number of aldehydes is 1. The van der Waals surface area contributed by atoms with Crippen molar-refractivity contribution in [3.63, 3.8) is 0 Å². The molecule has 0 saturated carbocycles. The zero-order valence-corrected chi connectivity index (χ0v) is 7.71. The van der Waals surface area contributed by atoms with Crippen LogP contribution in [0.4, 0.5) is 0 Å². The van der Waals surface area contributed by atoms with Gasteiger partial charge in [-0.05, 0) is 6.42 Å². The van der Waals surface area contributed by atoms with E-state index in [1.54, 1.807) is 21.6 Å². The topological polar surface area (TPSA) is 43.1 Å². The van der Waals surface area contributed by atoms with Crippen molar-refractivity contribution in [1.29, 1.82) is 0 Å². The fraction of sp³-hybridized carbons (Fsp3) is 0.833. The second-order valence-corrected chi connectivity index (χ2v) is 4.53. The monoisotopic (exact) mass is 179 g/mol. The van der Waals surface area contributed by atoms with Crippen LogP contribution in [0.1, 0.15) is 13.3 Å². The van der Waals surface area contributed by atoms with Crippen molar-refractivity contribution in [1.82, 2.24) is 0 Å². The van der Waals surface area contributed by atoms with Crippen LogP contribution < -0.4 is 5.73 Å². The van der Waals surface area contributed by atoms with Crippen molar-refractivity contribution in [2.24, 2.45) is 5.73 Å². The Kier molecular flexibility index (Phi) is 7.68. The smallest absolute Gasteiger partial charge is 0.137 e. The maximum atomic E-state index is 10.0. The van der Waals surface area contributed by atoms with E-state index in [4.69, 9.17) is 5.73 Å². The van der Waals surface area contributed by atoms with E-state index in [-0.39, 0.29) is 6.04 Å². The summed E-state index contributed by atoms with van der Waals surface area (Å²) in [7, 11) is 3.45. The molecular formula is C6H13NOS2. The van der Waals surface area contributed by atoms with Crippen LogP contribution in [-0.4, -0.2) is 23.8 Å².